The van der Waals surface area contributed by atoms with Crippen LogP contribution in [0, 0.1) is 5.41 Å². The van der Waals surface area contributed by atoms with Crippen molar-refractivity contribution in [1.82, 2.24) is 9.97 Å². The molecule has 0 amide bonds. The molecule has 3 aromatic rings. The van der Waals surface area contributed by atoms with E-state index in [-0.39, 0.29) is 5.41 Å². The average molecular weight is 397 g/mol. The van der Waals surface area contributed by atoms with Gasteiger partial charge in [0.2, 0.25) is 5.95 Å². The number of hydrogen-bond acceptors (Lipinski definition) is 4. The van der Waals surface area contributed by atoms with Gasteiger partial charge in [-0.3, -0.25) is 0 Å². The van der Waals surface area contributed by atoms with E-state index in [2.05, 4.69) is 64.3 Å². The summed E-state index contributed by atoms with van der Waals surface area (Å²) in [4.78, 5) is 9.32. The van der Waals surface area contributed by atoms with Gasteiger partial charge in [0, 0.05) is 26.5 Å². The number of benzene rings is 2. The number of anilines is 1. The summed E-state index contributed by atoms with van der Waals surface area (Å²) in [6.07, 6.45) is 0. The lowest BCUT2D eigenvalue weighted by molar-refractivity contribution is 0.586. The third kappa shape index (κ3) is 4.04. The minimum atomic E-state index is -0.00300. The van der Waals surface area contributed by atoms with Crippen molar-refractivity contribution >= 4 is 38.5 Å². The third-order valence-corrected chi connectivity index (χ3v) is 4.61. The lowest BCUT2D eigenvalue weighted by atomic mass is 9.91. The number of hydrazone groups is 1. The maximum absolute atomic E-state index is 4.72. The molecule has 0 radical (unpaired) electrons. The Labute approximate surface area is 156 Å². The van der Waals surface area contributed by atoms with Gasteiger partial charge in [-0.1, -0.05) is 67.0 Å². The number of hydrogen-bond donors (Lipinski definition) is 1. The zero-order valence-electron chi connectivity index (χ0n) is 14.8. The first-order valence-corrected chi connectivity index (χ1v) is 8.97. The van der Waals surface area contributed by atoms with Crippen molar-refractivity contribution in [2.24, 2.45) is 10.5 Å². The molecule has 4 nitrogen and oxygen atoms in total. The number of nitrogens with one attached hydrogen (secondary N) is 1. The van der Waals surface area contributed by atoms with Gasteiger partial charge in [-0.15, -0.1) is 0 Å². The van der Waals surface area contributed by atoms with Gasteiger partial charge in [0.05, 0.1) is 11.2 Å². The molecule has 0 aliphatic carbocycles. The maximum Gasteiger partial charge on any atom is 0.244 e. The Kier molecular flexibility index (Phi) is 4.86. The van der Waals surface area contributed by atoms with Crippen LogP contribution in [0.25, 0.3) is 22.2 Å². The Morgan fingerprint density at radius 3 is 2.44 bits per heavy atom. The van der Waals surface area contributed by atoms with Crippen molar-refractivity contribution in [2.75, 3.05) is 5.43 Å². The summed E-state index contributed by atoms with van der Waals surface area (Å²) < 4.78 is 1.00. The fraction of sp³-hybridized carbons (Fsp3) is 0.250. The Morgan fingerprint density at radius 1 is 1.04 bits per heavy atom. The van der Waals surface area contributed by atoms with E-state index in [1.54, 1.807) is 0 Å². The molecule has 2 aromatic carbocycles. The van der Waals surface area contributed by atoms with E-state index >= 15 is 0 Å². The molecular weight excluding hydrogens is 376 g/mol. The Bertz CT molecular complexity index is 928. The van der Waals surface area contributed by atoms with Crippen LogP contribution in [0.5, 0.6) is 0 Å². The van der Waals surface area contributed by atoms with Crippen LogP contribution < -0.4 is 5.43 Å². The van der Waals surface area contributed by atoms with Crippen LogP contribution >= 0.6 is 15.9 Å². The van der Waals surface area contributed by atoms with E-state index in [4.69, 9.17) is 4.98 Å². The van der Waals surface area contributed by atoms with Gasteiger partial charge in [-0.2, -0.15) is 5.10 Å². The molecule has 3 rings (SSSR count). The lowest BCUT2D eigenvalue weighted by Crippen LogP contribution is -2.18. The van der Waals surface area contributed by atoms with E-state index in [1.165, 1.54) is 0 Å². The summed E-state index contributed by atoms with van der Waals surface area (Å²) in [5, 5.41) is 5.46. The molecule has 1 heterocycles. The fourth-order valence-electron chi connectivity index (χ4n) is 2.27. The molecule has 0 aliphatic heterocycles. The molecule has 0 atom stereocenters. The molecule has 0 fully saturated rings. The second kappa shape index (κ2) is 6.92. The number of aromatic nitrogens is 2. The van der Waals surface area contributed by atoms with E-state index in [0.29, 0.717) is 5.95 Å². The highest BCUT2D eigenvalue weighted by molar-refractivity contribution is 9.10. The van der Waals surface area contributed by atoms with Crippen LogP contribution in [0.1, 0.15) is 27.7 Å². The normalized spacial score (nSPS) is 12.4. The van der Waals surface area contributed by atoms with Crippen molar-refractivity contribution in [3.8, 4) is 11.3 Å². The van der Waals surface area contributed by atoms with Crippen molar-refractivity contribution in [1.29, 1.82) is 0 Å². The van der Waals surface area contributed by atoms with Crippen LogP contribution in [0.3, 0.4) is 0 Å². The molecule has 0 aliphatic rings. The van der Waals surface area contributed by atoms with Crippen LogP contribution in [-0.2, 0) is 0 Å². The highest BCUT2D eigenvalue weighted by Crippen LogP contribution is 2.29. The predicted molar refractivity (Wildman–Crippen MR) is 109 cm³/mol. The number of rotatable bonds is 3. The summed E-state index contributed by atoms with van der Waals surface area (Å²) in [7, 11) is 0. The second-order valence-corrected chi connectivity index (χ2v) is 7.90. The lowest BCUT2D eigenvalue weighted by Gasteiger charge is -2.17. The summed E-state index contributed by atoms with van der Waals surface area (Å²) in [5.41, 5.74) is 6.83. The first-order chi connectivity index (χ1) is 11.8. The quantitative estimate of drug-likeness (QED) is 0.443. The molecule has 0 spiro atoms. The summed E-state index contributed by atoms with van der Waals surface area (Å²) in [5.74, 6) is 0.497. The van der Waals surface area contributed by atoms with Gasteiger partial charge in [0.25, 0.3) is 0 Å². The highest BCUT2D eigenvalue weighted by Gasteiger charge is 2.15. The molecule has 25 heavy (non-hydrogen) atoms. The van der Waals surface area contributed by atoms with E-state index in [9.17, 15) is 0 Å². The molecular formula is C20H21BrN4. The van der Waals surface area contributed by atoms with Crippen LogP contribution in [0.4, 0.5) is 5.95 Å². The van der Waals surface area contributed by atoms with Crippen LogP contribution in [0.2, 0.25) is 0 Å². The SMILES string of the molecule is C/C(=N/Nc1nc(-c2ccccc2)c2cc(Br)ccc2n1)C(C)(C)C. The number of fused-ring (bicyclic) bond motifs is 1. The molecule has 1 N–H and O–H groups in total. The minimum Gasteiger partial charge on any atom is -0.245 e. The number of halogens is 1. The highest BCUT2D eigenvalue weighted by atomic mass is 79.9. The summed E-state index contributed by atoms with van der Waals surface area (Å²) >= 11 is 3.54. The smallest absolute Gasteiger partial charge is 0.244 e. The standard InChI is InChI=1S/C20H21BrN4/c1-13(20(2,3)4)24-25-19-22-17-11-10-15(21)12-16(17)18(23-19)14-8-6-5-7-9-14/h5-12H,1-4H3,(H,22,23,25)/b24-13-. The maximum atomic E-state index is 4.72. The van der Waals surface area contributed by atoms with Gasteiger partial charge in [-0.25, -0.2) is 15.4 Å². The van der Waals surface area contributed by atoms with Gasteiger partial charge in [-0.05, 0) is 25.1 Å². The molecule has 0 saturated carbocycles. The fourth-order valence-corrected chi connectivity index (χ4v) is 2.63. The Balaban J connectivity index is 2.11. The zero-order valence-corrected chi connectivity index (χ0v) is 16.4. The Morgan fingerprint density at radius 2 is 1.76 bits per heavy atom. The van der Waals surface area contributed by atoms with Crippen molar-refractivity contribution in [3.05, 3.63) is 53.0 Å². The third-order valence-electron chi connectivity index (χ3n) is 4.11. The van der Waals surface area contributed by atoms with Gasteiger partial charge in [0.15, 0.2) is 0 Å². The van der Waals surface area contributed by atoms with Crippen molar-refractivity contribution in [2.45, 2.75) is 27.7 Å². The van der Waals surface area contributed by atoms with E-state index < -0.39 is 0 Å². The first kappa shape index (κ1) is 17.5. The topological polar surface area (TPSA) is 50.2 Å². The molecule has 5 heteroatoms. The number of nitrogens with zero attached hydrogens (tertiary/aromatic N) is 3. The zero-order chi connectivity index (χ0) is 18.0. The largest absolute Gasteiger partial charge is 0.245 e. The minimum absolute atomic E-state index is 0.00300. The van der Waals surface area contributed by atoms with E-state index in [0.717, 1.165) is 32.3 Å². The van der Waals surface area contributed by atoms with Gasteiger partial charge >= 0.3 is 0 Å². The second-order valence-electron chi connectivity index (χ2n) is 6.98. The first-order valence-electron chi connectivity index (χ1n) is 8.18. The van der Waals surface area contributed by atoms with Crippen LogP contribution in [0.15, 0.2) is 58.1 Å². The van der Waals surface area contributed by atoms with Crippen LogP contribution in [-0.4, -0.2) is 15.7 Å². The predicted octanol–water partition coefficient (Wildman–Crippen LogP) is 5.89. The molecule has 1 aromatic heterocycles. The molecule has 128 valence electrons. The average Bonchev–Trinajstić information content (AvgIpc) is 2.59. The Hall–Kier alpha value is -2.27. The molecule has 0 unspecified atom stereocenters. The van der Waals surface area contributed by atoms with Gasteiger partial charge in [0.1, 0.15) is 0 Å². The summed E-state index contributed by atoms with van der Waals surface area (Å²) in [6.45, 7) is 8.38. The molecule has 0 bridgehead atoms. The molecule has 0 saturated heterocycles. The summed E-state index contributed by atoms with van der Waals surface area (Å²) in [6, 6.07) is 16.1. The van der Waals surface area contributed by atoms with E-state index in [1.807, 2.05) is 43.3 Å². The monoisotopic (exact) mass is 396 g/mol. The van der Waals surface area contributed by atoms with Gasteiger partial charge < -0.3 is 0 Å². The van der Waals surface area contributed by atoms with Crippen molar-refractivity contribution in [3.63, 3.8) is 0 Å². The van der Waals surface area contributed by atoms with Crippen molar-refractivity contribution < 1.29 is 0 Å².